The van der Waals surface area contributed by atoms with Gasteiger partial charge in [0.15, 0.2) is 11.5 Å². The third-order valence-electron chi connectivity index (χ3n) is 3.73. The number of hydrogen-bond acceptors (Lipinski definition) is 4. The maximum atomic E-state index is 12.5. The second-order valence-electron chi connectivity index (χ2n) is 5.25. The number of benzene rings is 1. The van der Waals surface area contributed by atoms with Crippen molar-refractivity contribution in [2.24, 2.45) is 7.05 Å². The van der Waals surface area contributed by atoms with Crippen LogP contribution in [-0.2, 0) is 7.05 Å². The van der Waals surface area contributed by atoms with Gasteiger partial charge in [0, 0.05) is 23.9 Å². The number of hydrogen-bond donors (Lipinski definition) is 1. The van der Waals surface area contributed by atoms with Crippen LogP contribution in [0.25, 0.3) is 0 Å². The molecule has 2 aromatic rings. The predicted molar refractivity (Wildman–Crippen MR) is 83.5 cm³/mol. The lowest BCUT2D eigenvalue weighted by atomic mass is 10.1. The Kier molecular flexibility index (Phi) is 5.38. The molecule has 24 heavy (non-hydrogen) atoms. The van der Waals surface area contributed by atoms with E-state index in [1.807, 2.05) is 20.9 Å². The van der Waals surface area contributed by atoms with E-state index in [0.29, 0.717) is 0 Å². The summed E-state index contributed by atoms with van der Waals surface area (Å²) in [6.07, 6.45) is 1.68. The normalized spacial score (nSPS) is 12.1. The van der Waals surface area contributed by atoms with Gasteiger partial charge < -0.3 is 14.8 Å². The first kappa shape index (κ1) is 17.7. The van der Waals surface area contributed by atoms with E-state index in [-0.39, 0.29) is 23.1 Å². The average molecular weight is 339 g/mol. The summed E-state index contributed by atoms with van der Waals surface area (Å²) >= 11 is 0. The number of aromatic nitrogens is 2. The number of alkyl halides is 2. The molecule has 0 radical (unpaired) electrons. The molecule has 0 bridgehead atoms. The van der Waals surface area contributed by atoms with Crippen LogP contribution in [0.2, 0.25) is 0 Å². The number of aryl methyl sites for hydroxylation is 1. The van der Waals surface area contributed by atoms with Crippen LogP contribution in [0.1, 0.15) is 34.6 Å². The Morgan fingerprint density at radius 2 is 2.04 bits per heavy atom. The maximum absolute atomic E-state index is 12.5. The highest BCUT2D eigenvalue weighted by molar-refractivity contribution is 5.95. The minimum Gasteiger partial charge on any atom is -0.493 e. The van der Waals surface area contributed by atoms with Gasteiger partial charge >= 0.3 is 6.61 Å². The van der Waals surface area contributed by atoms with Gasteiger partial charge in [-0.15, -0.1) is 0 Å². The largest absolute Gasteiger partial charge is 0.493 e. The second kappa shape index (κ2) is 7.29. The fraction of sp³-hybridized carbons (Fsp3) is 0.375. The summed E-state index contributed by atoms with van der Waals surface area (Å²) < 4.78 is 36.0. The Morgan fingerprint density at radius 3 is 2.58 bits per heavy atom. The summed E-state index contributed by atoms with van der Waals surface area (Å²) in [4.78, 5) is 12.4. The Morgan fingerprint density at radius 1 is 1.33 bits per heavy atom. The van der Waals surface area contributed by atoms with Crippen LogP contribution in [0.15, 0.2) is 24.4 Å². The Hall–Kier alpha value is -2.64. The third kappa shape index (κ3) is 3.81. The van der Waals surface area contributed by atoms with Crippen molar-refractivity contribution in [2.45, 2.75) is 26.5 Å². The highest BCUT2D eigenvalue weighted by atomic mass is 19.3. The Labute approximate surface area is 138 Å². The van der Waals surface area contributed by atoms with Crippen LogP contribution in [0.4, 0.5) is 8.78 Å². The minimum atomic E-state index is -3.01. The summed E-state index contributed by atoms with van der Waals surface area (Å²) in [7, 11) is 3.14. The molecule has 1 heterocycles. The van der Waals surface area contributed by atoms with E-state index in [1.165, 1.54) is 25.3 Å². The van der Waals surface area contributed by atoms with Gasteiger partial charge in [-0.1, -0.05) is 0 Å². The molecule has 130 valence electrons. The van der Waals surface area contributed by atoms with Crippen LogP contribution in [0.3, 0.4) is 0 Å². The monoisotopic (exact) mass is 339 g/mol. The van der Waals surface area contributed by atoms with Gasteiger partial charge in [-0.3, -0.25) is 9.48 Å². The first-order valence-electron chi connectivity index (χ1n) is 7.25. The molecular weight excluding hydrogens is 320 g/mol. The molecular formula is C16H19F2N3O3. The molecule has 6 nitrogen and oxygen atoms in total. The van der Waals surface area contributed by atoms with Crippen LogP contribution in [0, 0.1) is 6.92 Å². The molecule has 0 saturated carbocycles. The summed E-state index contributed by atoms with van der Waals surface area (Å²) in [6.45, 7) is 0.712. The molecule has 1 atom stereocenters. The number of nitrogens with one attached hydrogen (secondary N) is 1. The van der Waals surface area contributed by atoms with Gasteiger partial charge in [0.25, 0.3) is 5.91 Å². The smallest absolute Gasteiger partial charge is 0.387 e. The molecule has 0 saturated heterocycles. The van der Waals surface area contributed by atoms with Crippen molar-refractivity contribution in [1.29, 1.82) is 0 Å². The summed E-state index contributed by atoms with van der Waals surface area (Å²) in [5.41, 5.74) is 2.00. The molecule has 0 aliphatic heterocycles. The quantitative estimate of drug-likeness (QED) is 0.879. The lowest BCUT2D eigenvalue weighted by Crippen LogP contribution is -2.27. The van der Waals surface area contributed by atoms with Crippen molar-refractivity contribution in [3.05, 3.63) is 41.2 Å². The molecule has 8 heteroatoms. The van der Waals surface area contributed by atoms with Crippen molar-refractivity contribution < 1.29 is 23.0 Å². The Balaban J connectivity index is 2.18. The second-order valence-corrected chi connectivity index (χ2v) is 5.25. The zero-order valence-corrected chi connectivity index (χ0v) is 13.8. The first-order valence-corrected chi connectivity index (χ1v) is 7.25. The van der Waals surface area contributed by atoms with E-state index in [9.17, 15) is 13.6 Å². The van der Waals surface area contributed by atoms with Crippen molar-refractivity contribution >= 4 is 5.91 Å². The van der Waals surface area contributed by atoms with Crippen molar-refractivity contribution in [1.82, 2.24) is 15.1 Å². The highest BCUT2D eigenvalue weighted by Crippen LogP contribution is 2.29. The fourth-order valence-electron chi connectivity index (χ4n) is 2.30. The molecule has 1 amide bonds. The lowest BCUT2D eigenvalue weighted by molar-refractivity contribution is -0.0512. The van der Waals surface area contributed by atoms with Gasteiger partial charge in [-0.2, -0.15) is 13.9 Å². The zero-order chi connectivity index (χ0) is 17.9. The number of methoxy groups -OCH3 is 1. The predicted octanol–water partition coefficient (Wildman–Crippen LogP) is 2.83. The van der Waals surface area contributed by atoms with E-state index in [4.69, 9.17) is 4.74 Å². The van der Waals surface area contributed by atoms with Gasteiger partial charge in [-0.25, -0.2) is 0 Å². The number of carbonyl (C=O) groups excluding carboxylic acids is 1. The first-order chi connectivity index (χ1) is 11.3. The van der Waals surface area contributed by atoms with Crippen molar-refractivity contribution in [3.63, 3.8) is 0 Å². The van der Waals surface area contributed by atoms with E-state index in [0.717, 1.165) is 11.3 Å². The maximum Gasteiger partial charge on any atom is 0.387 e. The summed E-state index contributed by atoms with van der Waals surface area (Å²) in [5, 5.41) is 6.94. The lowest BCUT2D eigenvalue weighted by Gasteiger charge is -2.15. The highest BCUT2D eigenvalue weighted by Gasteiger charge is 2.18. The molecule has 1 aromatic carbocycles. The van der Waals surface area contributed by atoms with Crippen LogP contribution < -0.4 is 14.8 Å². The molecule has 0 unspecified atom stereocenters. The number of carbonyl (C=O) groups is 1. The van der Waals surface area contributed by atoms with E-state index < -0.39 is 12.5 Å². The number of nitrogens with zero attached hydrogens (tertiary/aromatic N) is 2. The molecule has 0 aliphatic rings. The minimum absolute atomic E-state index is 0.128. The average Bonchev–Trinajstić information content (AvgIpc) is 2.86. The molecule has 2 rings (SSSR count). The molecule has 1 aromatic heterocycles. The van der Waals surface area contributed by atoms with Crippen LogP contribution in [0.5, 0.6) is 11.5 Å². The van der Waals surface area contributed by atoms with Crippen LogP contribution in [-0.4, -0.2) is 29.4 Å². The van der Waals surface area contributed by atoms with Gasteiger partial charge in [-0.05, 0) is 32.0 Å². The van der Waals surface area contributed by atoms with E-state index in [2.05, 4.69) is 15.2 Å². The molecule has 0 spiro atoms. The topological polar surface area (TPSA) is 65.4 Å². The Bertz CT molecular complexity index is 731. The molecule has 0 fully saturated rings. The molecule has 1 N–H and O–H groups in total. The number of rotatable bonds is 6. The van der Waals surface area contributed by atoms with Crippen LogP contribution >= 0.6 is 0 Å². The number of halogens is 2. The van der Waals surface area contributed by atoms with E-state index in [1.54, 1.807) is 10.9 Å². The van der Waals surface area contributed by atoms with Gasteiger partial charge in [0.2, 0.25) is 0 Å². The number of ether oxygens (including phenoxy) is 2. The third-order valence-corrected chi connectivity index (χ3v) is 3.73. The van der Waals surface area contributed by atoms with Crippen molar-refractivity contribution in [3.8, 4) is 11.5 Å². The molecule has 0 aliphatic carbocycles. The zero-order valence-electron chi connectivity index (χ0n) is 13.8. The summed E-state index contributed by atoms with van der Waals surface area (Å²) in [5.74, 6) is -0.471. The fourth-order valence-corrected chi connectivity index (χ4v) is 2.30. The SMILES string of the molecule is COc1ccc(C(=O)N[C@H](C)c2cnn(C)c2C)cc1OC(F)F. The van der Waals surface area contributed by atoms with Gasteiger partial charge in [0.1, 0.15) is 0 Å². The van der Waals surface area contributed by atoms with E-state index >= 15 is 0 Å². The van der Waals surface area contributed by atoms with Crippen molar-refractivity contribution in [2.75, 3.05) is 7.11 Å². The van der Waals surface area contributed by atoms with Gasteiger partial charge in [0.05, 0.1) is 19.3 Å². The summed E-state index contributed by atoms with van der Waals surface area (Å²) in [6, 6.07) is 3.83. The standard InChI is InChI=1S/C16H19F2N3O3/c1-9(12-8-19-21(3)10(12)2)20-15(22)11-5-6-13(23-4)14(7-11)24-16(17)18/h5-9,16H,1-4H3,(H,20,22)/t9-/m1/s1. The number of amides is 1.